The molecule has 0 unspecified atom stereocenters. The Morgan fingerprint density at radius 3 is 2.56 bits per heavy atom. The van der Waals surface area contributed by atoms with E-state index in [1.165, 1.54) is 6.07 Å². The predicted octanol–water partition coefficient (Wildman–Crippen LogP) is 2.31. The second-order valence-corrected chi connectivity index (χ2v) is 8.17. The van der Waals surface area contributed by atoms with Crippen molar-refractivity contribution in [2.24, 2.45) is 5.14 Å². The molecule has 0 aliphatic carbocycles. The maximum Gasteiger partial charge on any atom is 0.238 e. The molecule has 0 aliphatic rings. The van der Waals surface area contributed by atoms with Gasteiger partial charge in [0.15, 0.2) is 0 Å². The average molecular weight is 385 g/mol. The molecule has 2 aromatic carbocycles. The summed E-state index contributed by atoms with van der Waals surface area (Å²) in [4.78, 5) is 4.56. The van der Waals surface area contributed by atoms with Crippen LogP contribution in [0.25, 0.3) is 10.8 Å². The van der Waals surface area contributed by atoms with Crippen LogP contribution in [-0.4, -0.2) is 31.6 Å². The van der Waals surface area contributed by atoms with Crippen LogP contribution in [0.15, 0.2) is 65.7 Å². The standard InChI is InChI=1S/C20H23N3O3S/c1-14(12-22-13-19(24)15-5-3-2-4-6-15)20-18-8-7-17(27(21,25)26)11-16(18)9-10-23-20/h2-11,14,19,22,24H,12-13H2,1H3,(H2,21,25,26)/t14-,19-/m1/s1. The molecule has 2 atom stereocenters. The normalized spacial score (nSPS) is 14.2. The van der Waals surface area contributed by atoms with Gasteiger partial charge < -0.3 is 10.4 Å². The van der Waals surface area contributed by atoms with Crippen molar-refractivity contribution in [1.29, 1.82) is 0 Å². The van der Waals surface area contributed by atoms with Gasteiger partial charge >= 0.3 is 0 Å². The molecule has 0 radical (unpaired) electrons. The van der Waals surface area contributed by atoms with Gasteiger partial charge in [-0.3, -0.25) is 4.98 Å². The van der Waals surface area contributed by atoms with E-state index < -0.39 is 16.1 Å². The fraction of sp³-hybridized carbons (Fsp3) is 0.250. The van der Waals surface area contributed by atoms with E-state index in [9.17, 15) is 13.5 Å². The Kier molecular flexibility index (Phi) is 5.86. The van der Waals surface area contributed by atoms with E-state index >= 15 is 0 Å². The van der Waals surface area contributed by atoms with Crippen molar-refractivity contribution in [2.45, 2.75) is 23.8 Å². The van der Waals surface area contributed by atoms with Crippen LogP contribution in [-0.2, 0) is 10.0 Å². The Labute approximate surface area is 159 Å². The lowest BCUT2D eigenvalue weighted by atomic mass is 10.0. The molecule has 3 aromatic rings. The minimum atomic E-state index is -3.74. The highest BCUT2D eigenvalue weighted by molar-refractivity contribution is 7.89. The first-order valence-electron chi connectivity index (χ1n) is 8.71. The monoisotopic (exact) mass is 385 g/mol. The smallest absolute Gasteiger partial charge is 0.238 e. The van der Waals surface area contributed by atoms with E-state index in [2.05, 4.69) is 10.3 Å². The van der Waals surface area contributed by atoms with Crippen molar-refractivity contribution in [3.63, 3.8) is 0 Å². The second kappa shape index (κ2) is 8.14. The van der Waals surface area contributed by atoms with Crippen LogP contribution < -0.4 is 10.5 Å². The molecular formula is C20H23N3O3S. The van der Waals surface area contributed by atoms with E-state index in [0.717, 1.165) is 22.0 Å². The number of aliphatic hydroxyl groups is 1. The number of primary sulfonamides is 1. The van der Waals surface area contributed by atoms with Crippen LogP contribution in [0, 0.1) is 0 Å². The first kappa shape index (κ1) is 19.4. The van der Waals surface area contributed by atoms with Crippen molar-refractivity contribution >= 4 is 20.8 Å². The van der Waals surface area contributed by atoms with Gasteiger partial charge in [0, 0.05) is 30.6 Å². The molecule has 3 rings (SSSR count). The Morgan fingerprint density at radius 2 is 1.85 bits per heavy atom. The summed E-state index contributed by atoms with van der Waals surface area (Å²) in [7, 11) is -3.74. The zero-order valence-corrected chi connectivity index (χ0v) is 15.9. The number of rotatable bonds is 7. The summed E-state index contributed by atoms with van der Waals surface area (Å²) in [5.41, 5.74) is 1.74. The van der Waals surface area contributed by atoms with Crippen LogP contribution >= 0.6 is 0 Å². The lowest BCUT2D eigenvalue weighted by molar-refractivity contribution is 0.174. The molecule has 0 spiro atoms. The minimum absolute atomic E-state index is 0.0806. The topological polar surface area (TPSA) is 105 Å². The third-order valence-electron chi connectivity index (χ3n) is 4.53. The Bertz CT molecular complexity index is 1020. The van der Waals surface area contributed by atoms with Gasteiger partial charge in [-0.2, -0.15) is 0 Å². The molecule has 0 bridgehead atoms. The second-order valence-electron chi connectivity index (χ2n) is 6.61. The number of benzene rings is 2. The first-order valence-corrected chi connectivity index (χ1v) is 10.3. The van der Waals surface area contributed by atoms with E-state index in [-0.39, 0.29) is 10.8 Å². The SMILES string of the molecule is C[C@H](CNC[C@@H](O)c1ccccc1)c1nccc2cc(S(N)(=O)=O)ccc12. The van der Waals surface area contributed by atoms with Gasteiger partial charge in [0.25, 0.3) is 0 Å². The number of fused-ring (bicyclic) bond motifs is 1. The third kappa shape index (κ3) is 4.70. The first-order chi connectivity index (χ1) is 12.9. The lowest BCUT2D eigenvalue weighted by Crippen LogP contribution is -2.26. The fourth-order valence-electron chi connectivity index (χ4n) is 3.08. The summed E-state index contributed by atoms with van der Waals surface area (Å²) in [5, 5.41) is 20.4. The quantitative estimate of drug-likeness (QED) is 0.579. The molecule has 7 heteroatoms. The molecule has 0 saturated carbocycles. The Balaban J connectivity index is 1.71. The van der Waals surface area contributed by atoms with E-state index in [4.69, 9.17) is 5.14 Å². The maximum atomic E-state index is 11.5. The van der Waals surface area contributed by atoms with Gasteiger partial charge in [-0.25, -0.2) is 13.6 Å². The highest BCUT2D eigenvalue weighted by atomic mass is 32.2. The van der Waals surface area contributed by atoms with Crippen molar-refractivity contribution < 1.29 is 13.5 Å². The fourth-order valence-corrected chi connectivity index (χ4v) is 3.62. The number of aromatic nitrogens is 1. The zero-order valence-electron chi connectivity index (χ0n) is 15.0. The zero-order chi connectivity index (χ0) is 19.4. The van der Waals surface area contributed by atoms with Gasteiger partial charge in [0.2, 0.25) is 10.0 Å². The molecule has 0 aliphatic heterocycles. The molecule has 142 valence electrons. The molecule has 6 nitrogen and oxygen atoms in total. The third-order valence-corrected chi connectivity index (χ3v) is 5.45. The van der Waals surface area contributed by atoms with Crippen LogP contribution in [0.3, 0.4) is 0 Å². The molecule has 0 fully saturated rings. The number of sulfonamides is 1. The largest absolute Gasteiger partial charge is 0.387 e. The number of hydrogen-bond acceptors (Lipinski definition) is 5. The highest BCUT2D eigenvalue weighted by Gasteiger charge is 2.15. The number of aliphatic hydroxyl groups excluding tert-OH is 1. The van der Waals surface area contributed by atoms with Gasteiger partial charge in [0.1, 0.15) is 0 Å². The molecule has 1 aromatic heterocycles. The predicted molar refractivity (Wildman–Crippen MR) is 106 cm³/mol. The van der Waals surface area contributed by atoms with Crippen LogP contribution in [0.5, 0.6) is 0 Å². The van der Waals surface area contributed by atoms with E-state index in [0.29, 0.717) is 13.1 Å². The van der Waals surface area contributed by atoms with Crippen LogP contribution in [0.1, 0.15) is 30.2 Å². The summed E-state index contributed by atoms with van der Waals surface area (Å²) < 4.78 is 23.1. The Hall–Kier alpha value is -2.32. The van der Waals surface area contributed by atoms with Crippen molar-refractivity contribution in [3.8, 4) is 0 Å². The molecule has 4 N–H and O–H groups in total. The van der Waals surface area contributed by atoms with Gasteiger partial charge in [-0.15, -0.1) is 0 Å². The lowest BCUT2D eigenvalue weighted by Gasteiger charge is -2.17. The number of nitrogens with zero attached hydrogens (tertiary/aromatic N) is 1. The summed E-state index contributed by atoms with van der Waals surface area (Å²) in [5.74, 6) is 0.0806. The average Bonchev–Trinajstić information content (AvgIpc) is 2.66. The summed E-state index contributed by atoms with van der Waals surface area (Å²) in [6.07, 6.45) is 1.09. The molecular weight excluding hydrogens is 362 g/mol. The molecule has 0 amide bonds. The van der Waals surface area contributed by atoms with Crippen LogP contribution in [0.2, 0.25) is 0 Å². The number of hydrogen-bond donors (Lipinski definition) is 3. The highest BCUT2D eigenvalue weighted by Crippen LogP contribution is 2.25. The minimum Gasteiger partial charge on any atom is -0.387 e. The molecule has 0 saturated heterocycles. The summed E-state index contributed by atoms with van der Waals surface area (Å²) >= 11 is 0. The van der Waals surface area contributed by atoms with Gasteiger partial charge in [-0.1, -0.05) is 43.3 Å². The van der Waals surface area contributed by atoms with E-state index in [1.54, 1.807) is 24.4 Å². The number of nitrogens with one attached hydrogen (secondary N) is 1. The number of nitrogens with two attached hydrogens (primary N) is 1. The van der Waals surface area contributed by atoms with Crippen molar-refractivity contribution in [1.82, 2.24) is 10.3 Å². The van der Waals surface area contributed by atoms with Gasteiger partial charge in [-0.05, 0) is 29.1 Å². The summed E-state index contributed by atoms with van der Waals surface area (Å²) in [6.45, 7) is 3.11. The maximum absolute atomic E-state index is 11.5. The molecule has 27 heavy (non-hydrogen) atoms. The Morgan fingerprint density at radius 1 is 1.11 bits per heavy atom. The molecule has 1 heterocycles. The summed E-state index contributed by atoms with van der Waals surface area (Å²) in [6, 6.07) is 16.1. The van der Waals surface area contributed by atoms with E-state index in [1.807, 2.05) is 37.3 Å². The van der Waals surface area contributed by atoms with Crippen molar-refractivity contribution in [3.05, 3.63) is 72.1 Å². The number of pyridine rings is 1. The van der Waals surface area contributed by atoms with Crippen molar-refractivity contribution in [2.75, 3.05) is 13.1 Å². The van der Waals surface area contributed by atoms with Crippen LogP contribution in [0.4, 0.5) is 0 Å². The van der Waals surface area contributed by atoms with Gasteiger partial charge in [0.05, 0.1) is 16.7 Å².